The van der Waals surface area contributed by atoms with Gasteiger partial charge in [-0.2, -0.15) is 0 Å². The van der Waals surface area contributed by atoms with Gasteiger partial charge in [-0.3, -0.25) is 10.1 Å². The molecule has 6 heteroatoms. The van der Waals surface area contributed by atoms with Crippen LogP contribution < -0.4 is 5.32 Å². The van der Waals surface area contributed by atoms with Gasteiger partial charge in [-0.1, -0.05) is 6.07 Å². The summed E-state index contributed by atoms with van der Waals surface area (Å²) >= 11 is 0. The van der Waals surface area contributed by atoms with Crippen molar-refractivity contribution in [1.29, 1.82) is 0 Å². The van der Waals surface area contributed by atoms with Crippen molar-refractivity contribution in [3.63, 3.8) is 0 Å². The van der Waals surface area contributed by atoms with E-state index in [9.17, 15) is 10.1 Å². The standard InChI is InChI=1S/C10H14N2O4/c1-7-2-3-10(12(15)16)9(4-7)11-8(5-13)6-14/h2-4,8,11,13-14H,5-6H2,1H3. The van der Waals surface area contributed by atoms with Crippen molar-refractivity contribution in [2.24, 2.45) is 0 Å². The normalized spacial score (nSPS) is 10.5. The SMILES string of the molecule is Cc1ccc([N+](=O)[O-])c(NC(CO)CO)c1. The van der Waals surface area contributed by atoms with E-state index in [4.69, 9.17) is 10.2 Å². The second-order valence-corrected chi connectivity index (χ2v) is 3.48. The second kappa shape index (κ2) is 5.43. The number of anilines is 1. The maximum atomic E-state index is 10.7. The summed E-state index contributed by atoms with van der Waals surface area (Å²) in [6, 6.07) is 4.04. The van der Waals surface area contributed by atoms with Crippen LogP contribution in [0, 0.1) is 17.0 Å². The summed E-state index contributed by atoms with van der Waals surface area (Å²) in [6.45, 7) is 1.23. The molecular weight excluding hydrogens is 212 g/mol. The van der Waals surface area contributed by atoms with Gasteiger partial charge in [-0.25, -0.2) is 0 Å². The molecule has 1 aromatic carbocycles. The molecule has 0 heterocycles. The highest BCUT2D eigenvalue weighted by molar-refractivity contribution is 5.63. The van der Waals surface area contributed by atoms with Crippen LogP contribution in [-0.4, -0.2) is 34.4 Å². The van der Waals surface area contributed by atoms with Gasteiger partial charge in [0.2, 0.25) is 0 Å². The fraction of sp³-hybridized carbons (Fsp3) is 0.400. The number of hydrogen-bond donors (Lipinski definition) is 3. The lowest BCUT2D eigenvalue weighted by molar-refractivity contribution is -0.384. The highest BCUT2D eigenvalue weighted by Gasteiger charge is 2.16. The summed E-state index contributed by atoms with van der Waals surface area (Å²) in [4.78, 5) is 10.2. The topological polar surface area (TPSA) is 95.6 Å². The Kier molecular flexibility index (Phi) is 4.21. The molecule has 0 aliphatic rings. The van der Waals surface area contributed by atoms with Gasteiger partial charge in [-0.15, -0.1) is 0 Å². The van der Waals surface area contributed by atoms with Crippen LogP contribution in [0.3, 0.4) is 0 Å². The molecule has 1 aromatic rings. The van der Waals surface area contributed by atoms with Crippen LogP contribution in [0.5, 0.6) is 0 Å². The molecule has 0 aliphatic carbocycles. The average Bonchev–Trinajstić information content (AvgIpc) is 2.25. The van der Waals surface area contributed by atoms with E-state index in [0.29, 0.717) is 5.69 Å². The monoisotopic (exact) mass is 226 g/mol. The first-order valence-corrected chi connectivity index (χ1v) is 4.81. The minimum absolute atomic E-state index is 0.0718. The van der Waals surface area contributed by atoms with E-state index in [1.165, 1.54) is 6.07 Å². The molecule has 0 aliphatic heterocycles. The van der Waals surface area contributed by atoms with E-state index in [2.05, 4.69) is 5.32 Å². The third-order valence-electron chi connectivity index (χ3n) is 2.15. The summed E-state index contributed by atoms with van der Waals surface area (Å²) in [7, 11) is 0. The maximum absolute atomic E-state index is 10.7. The van der Waals surface area contributed by atoms with Gasteiger partial charge in [0, 0.05) is 6.07 Å². The van der Waals surface area contributed by atoms with Crippen molar-refractivity contribution in [2.75, 3.05) is 18.5 Å². The minimum Gasteiger partial charge on any atom is -0.394 e. The third kappa shape index (κ3) is 2.91. The molecule has 0 atom stereocenters. The third-order valence-corrected chi connectivity index (χ3v) is 2.15. The van der Waals surface area contributed by atoms with Crippen LogP contribution in [0.15, 0.2) is 18.2 Å². The molecule has 0 spiro atoms. The largest absolute Gasteiger partial charge is 0.394 e. The zero-order chi connectivity index (χ0) is 12.1. The van der Waals surface area contributed by atoms with Crippen LogP contribution in [0.2, 0.25) is 0 Å². The number of benzene rings is 1. The summed E-state index contributed by atoms with van der Waals surface area (Å²) in [5, 5.41) is 31.2. The highest BCUT2D eigenvalue weighted by atomic mass is 16.6. The molecule has 0 saturated heterocycles. The number of nitro benzene ring substituents is 1. The van der Waals surface area contributed by atoms with Gasteiger partial charge in [0.05, 0.1) is 24.2 Å². The molecule has 16 heavy (non-hydrogen) atoms. The Morgan fingerprint density at radius 1 is 1.44 bits per heavy atom. The van der Waals surface area contributed by atoms with E-state index in [1.54, 1.807) is 12.1 Å². The van der Waals surface area contributed by atoms with Crippen LogP contribution >= 0.6 is 0 Å². The van der Waals surface area contributed by atoms with Gasteiger partial charge in [0.25, 0.3) is 5.69 Å². The van der Waals surface area contributed by atoms with Crippen molar-refractivity contribution < 1.29 is 15.1 Å². The molecule has 88 valence electrons. The lowest BCUT2D eigenvalue weighted by Gasteiger charge is -2.15. The average molecular weight is 226 g/mol. The van der Waals surface area contributed by atoms with E-state index in [1.807, 2.05) is 6.92 Å². The molecule has 0 radical (unpaired) electrons. The zero-order valence-electron chi connectivity index (χ0n) is 8.88. The Morgan fingerprint density at radius 3 is 2.56 bits per heavy atom. The summed E-state index contributed by atoms with van der Waals surface area (Å²) in [5.41, 5.74) is 1.10. The molecule has 6 nitrogen and oxygen atoms in total. The molecule has 0 saturated carbocycles. The molecule has 1 rings (SSSR count). The van der Waals surface area contributed by atoms with E-state index >= 15 is 0 Å². The van der Waals surface area contributed by atoms with Crippen LogP contribution in [0.25, 0.3) is 0 Å². The Bertz CT molecular complexity index is 377. The summed E-state index contributed by atoms with van der Waals surface area (Å²) < 4.78 is 0. The molecular formula is C10H14N2O4. The minimum atomic E-state index is -0.597. The van der Waals surface area contributed by atoms with Gasteiger partial charge >= 0.3 is 0 Å². The van der Waals surface area contributed by atoms with Gasteiger partial charge < -0.3 is 15.5 Å². The van der Waals surface area contributed by atoms with Crippen molar-refractivity contribution in [2.45, 2.75) is 13.0 Å². The van der Waals surface area contributed by atoms with Crippen molar-refractivity contribution in [1.82, 2.24) is 0 Å². The zero-order valence-corrected chi connectivity index (χ0v) is 8.88. The number of aliphatic hydroxyl groups excluding tert-OH is 2. The molecule has 0 amide bonds. The van der Waals surface area contributed by atoms with Gasteiger partial charge in [0.1, 0.15) is 5.69 Å². The Labute approximate surface area is 92.7 Å². The second-order valence-electron chi connectivity index (χ2n) is 3.48. The first-order valence-electron chi connectivity index (χ1n) is 4.81. The van der Waals surface area contributed by atoms with Crippen molar-refractivity contribution in [3.8, 4) is 0 Å². The fourth-order valence-corrected chi connectivity index (χ4v) is 1.29. The Hall–Kier alpha value is -1.66. The van der Waals surface area contributed by atoms with Crippen LogP contribution in [0.1, 0.15) is 5.56 Å². The number of nitrogens with one attached hydrogen (secondary N) is 1. The molecule has 0 bridgehead atoms. The first kappa shape index (κ1) is 12.4. The number of aliphatic hydroxyl groups is 2. The number of hydrogen-bond acceptors (Lipinski definition) is 5. The molecule has 0 aromatic heterocycles. The molecule has 0 fully saturated rings. The highest BCUT2D eigenvalue weighted by Crippen LogP contribution is 2.25. The lowest BCUT2D eigenvalue weighted by Crippen LogP contribution is -2.28. The fourth-order valence-electron chi connectivity index (χ4n) is 1.29. The number of aryl methyl sites for hydroxylation is 1. The predicted molar refractivity (Wildman–Crippen MR) is 59.4 cm³/mol. The smallest absolute Gasteiger partial charge is 0.292 e. The van der Waals surface area contributed by atoms with Crippen LogP contribution in [-0.2, 0) is 0 Å². The molecule has 0 unspecified atom stereocenters. The number of nitro groups is 1. The summed E-state index contributed by atoms with van der Waals surface area (Å²) in [6.07, 6.45) is 0. The van der Waals surface area contributed by atoms with E-state index < -0.39 is 11.0 Å². The maximum Gasteiger partial charge on any atom is 0.292 e. The molecule has 3 N–H and O–H groups in total. The van der Waals surface area contributed by atoms with E-state index in [0.717, 1.165) is 5.56 Å². The Balaban J connectivity index is 3.00. The van der Waals surface area contributed by atoms with E-state index in [-0.39, 0.29) is 18.9 Å². The van der Waals surface area contributed by atoms with Crippen molar-refractivity contribution >= 4 is 11.4 Å². The van der Waals surface area contributed by atoms with Gasteiger partial charge in [-0.05, 0) is 18.6 Å². The quantitative estimate of drug-likeness (QED) is 0.506. The Morgan fingerprint density at radius 2 is 2.06 bits per heavy atom. The van der Waals surface area contributed by atoms with Crippen molar-refractivity contribution in [3.05, 3.63) is 33.9 Å². The summed E-state index contributed by atoms with van der Waals surface area (Å²) in [5.74, 6) is 0. The lowest BCUT2D eigenvalue weighted by atomic mass is 10.1. The van der Waals surface area contributed by atoms with Gasteiger partial charge in [0.15, 0.2) is 0 Å². The van der Waals surface area contributed by atoms with Crippen LogP contribution in [0.4, 0.5) is 11.4 Å². The predicted octanol–water partition coefficient (Wildman–Crippen LogP) is 0.668. The number of nitrogens with zero attached hydrogens (tertiary/aromatic N) is 1. The first-order chi connectivity index (χ1) is 7.58. The number of rotatable bonds is 5.